The lowest BCUT2D eigenvalue weighted by Gasteiger charge is -2.10. The van der Waals surface area contributed by atoms with Gasteiger partial charge >= 0.3 is 0 Å². The molecule has 8 heteroatoms. The van der Waals surface area contributed by atoms with E-state index in [2.05, 4.69) is 10.6 Å². The average molecular weight is 391 g/mol. The Balaban J connectivity index is 1.72. The summed E-state index contributed by atoms with van der Waals surface area (Å²) in [5.74, 6) is 0.793. The molecule has 0 aliphatic carbocycles. The summed E-state index contributed by atoms with van der Waals surface area (Å²) in [7, 11) is 3.19. The maximum Gasteiger partial charge on any atom is 0.269 e. The van der Waals surface area contributed by atoms with Crippen LogP contribution in [-0.2, 0) is 6.42 Å². The highest BCUT2D eigenvalue weighted by atomic mass is 16.6. The second-order valence-electron chi connectivity index (χ2n) is 5.93. The Kier molecular flexibility index (Phi) is 7.09. The fourth-order valence-electron chi connectivity index (χ4n) is 2.51. The van der Waals surface area contributed by atoms with Crippen LogP contribution in [0.5, 0.6) is 11.5 Å². The second kappa shape index (κ2) is 10.9. The van der Waals surface area contributed by atoms with Crippen molar-refractivity contribution >= 4 is 11.6 Å². The summed E-state index contributed by atoms with van der Waals surface area (Å²) < 4.78 is 26.0. The van der Waals surface area contributed by atoms with Gasteiger partial charge in [-0.05, 0) is 55.7 Å². The molecule has 0 bridgehead atoms. The van der Waals surface area contributed by atoms with Crippen LogP contribution in [0.1, 0.15) is 25.1 Å². The van der Waals surface area contributed by atoms with E-state index < -0.39 is 10.8 Å². The molecule has 0 aromatic heterocycles. The molecular weight excluding hydrogens is 362 g/mol. The van der Waals surface area contributed by atoms with Gasteiger partial charge in [0.2, 0.25) is 0 Å². The molecule has 0 saturated heterocycles. The van der Waals surface area contributed by atoms with Gasteiger partial charge in [0, 0.05) is 24.2 Å². The smallest absolute Gasteiger partial charge is 0.269 e. The van der Waals surface area contributed by atoms with Crippen LogP contribution >= 0.6 is 0 Å². The fraction of sp³-hybridized carbons (Fsp3) is 0.350. The molecule has 2 aromatic carbocycles. The lowest BCUT2D eigenvalue weighted by atomic mass is 10.1. The van der Waals surface area contributed by atoms with Crippen molar-refractivity contribution < 1.29 is 21.9 Å². The number of hydrogen-bond donors (Lipinski definition) is 2. The number of non-ortho nitro benzene ring substituents is 1. The van der Waals surface area contributed by atoms with Gasteiger partial charge in [-0.3, -0.25) is 14.9 Å². The van der Waals surface area contributed by atoms with Gasteiger partial charge in [-0.15, -0.1) is 0 Å². The molecule has 0 heterocycles. The predicted molar refractivity (Wildman–Crippen MR) is 106 cm³/mol. The lowest BCUT2D eigenvalue weighted by molar-refractivity contribution is -0.384. The summed E-state index contributed by atoms with van der Waals surface area (Å²) in [6.45, 7) is 1.78. The van der Waals surface area contributed by atoms with Gasteiger partial charge in [-0.25, -0.2) is 0 Å². The van der Waals surface area contributed by atoms with Crippen molar-refractivity contribution in [1.82, 2.24) is 10.6 Å². The van der Waals surface area contributed by atoms with E-state index in [1.807, 2.05) is 18.2 Å². The number of methoxy groups -OCH3 is 2. The minimum absolute atomic E-state index is 0.165. The Hall–Kier alpha value is -3.13. The topological polar surface area (TPSA) is 103 Å². The highest BCUT2D eigenvalue weighted by Gasteiger charge is 2.09. The van der Waals surface area contributed by atoms with E-state index in [-0.39, 0.29) is 23.3 Å². The third-order valence-corrected chi connectivity index (χ3v) is 4.02. The SMILES string of the molecule is [3H]c1cc([N+](=O)[O-])cc([3H])c1C(=O)NCCCNCCc1ccc(OC)c(OC)c1. The second-order valence-corrected chi connectivity index (χ2v) is 5.93. The number of nitro benzene ring substituents is 1. The van der Waals surface area contributed by atoms with Gasteiger partial charge in [0.25, 0.3) is 11.6 Å². The molecule has 0 unspecified atom stereocenters. The standard InChI is InChI=1S/C20H25N3O5/c1-27-18-9-4-15(14-19(18)28-2)10-13-21-11-3-12-22-20(24)16-5-7-17(8-6-16)23(25)26/h4-9,14,21H,3,10-13H2,1-2H3,(H,22,24)/i5T,6T. The molecule has 28 heavy (non-hydrogen) atoms. The Labute approximate surface area is 166 Å². The Morgan fingerprint density at radius 3 is 2.46 bits per heavy atom. The quantitative estimate of drug-likeness (QED) is 0.347. The van der Waals surface area contributed by atoms with Gasteiger partial charge in [0.05, 0.1) is 21.9 Å². The molecule has 0 fully saturated rings. The van der Waals surface area contributed by atoms with Gasteiger partial charge in [-0.1, -0.05) is 6.07 Å². The molecular formula is C20H25N3O5. The highest BCUT2D eigenvalue weighted by Crippen LogP contribution is 2.27. The molecule has 0 spiro atoms. The van der Waals surface area contributed by atoms with Crippen LogP contribution < -0.4 is 20.1 Å². The number of rotatable bonds is 11. The largest absolute Gasteiger partial charge is 0.493 e. The molecule has 1 amide bonds. The number of benzene rings is 2. The monoisotopic (exact) mass is 391 g/mol. The first-order valence-electron chi connectivity index (χ1n) is 9.82. The maximum absolute atomic E-state index is 12.2. The molecule has 0 atom stereocenters. The zero-order valence-corrected chi connectivity index (χ0v) is 15.9. The van der Waals surface area contributed by atoms with Crippen LogP contribution in [0.2, 0.25) is 0 Å². The van der Waals surface area contributed by atoms with Gasteiger partial charge in [-0.2, -0.15) is 0 Å². The van der Waals surface area contributed by atoms with E-state index >= 15 is 0 Å². The van der Waals surface area contributed by atoms with Crippen molar-refractivity contribution in [3.05, 3.63) is 63.7 Å². The summed E-state index contributed by atoms with van der Waals surface area (Å²) in [4.78, 5) is 22.3. The van der Waals surface area contributed by atoms with E-state index in [0.29, 0.717) is 31.0 Å². The number of amides is 1. The molecule has 2 rings (SSSR count). The molecule has 0 aliphatic heterocycles. The number of ether oxygens (including phenoxy) is 2. The van der Waals surface area contributed by atoms with Crippen molar-refractivity contribution in [3.8, 4) is 11.5 Å². The molecule has 8 nitrogen and oxygen atoms in total. The number of carbonyl (C=O) groups excluding carboxylic acids is 1. The summed E-state index contributed by atoms with van der Waals surface area (Å²) >= 11 is 0. The van der Waals surface area contributed by atoms with Crippen molar-refractivity contribution in [1.29, 1.82) is 0 Å². The molecule has 2 N–H and O–H groups in total. The van der Waals surface area contributed by atoms with Crippen LogP contribution in [0.4, 0.5) is 5.69 Å². The minimum atomic E-state index is -0.689. The van der Waals surface area contributed by atoms with Crippen LogP contribution in [0.15, 0.2) is 42.4 Å². The summed E-state index contributed by atoms with van der Waals surface area (Å²) in [6, 6.07) is 7.06. The lowest BCUT2D eigenvalue weighted by Crippen LogP contribution is -2.28. The first-order chi connectivity index (χ1) is 14.4. The number of nitro groups is 1. The van der Waals surface area contributed by atoms with Crippen molar-refractivity contribution in [2.75, 3.05) is 33.9 Å². The van der Waals surface area contributed by atoms with E-state index in [1.54, 1.807) is 14.2 Å². The number of carbonyl (C=O) groups is 1. The van der Waals surface area contributed by atoms with Crippen LogP contribution in [0, 0.1) is 10.1 Å². The third kappa shape index (κ3) is 6.24. The Morgan fingerprint density at radius 1 is 1.11 bits per heavy atom. The van der Waals surface area contributed by atoms with E-state index in [9.17, 15) is 14.9 Å². The highest BCUT2D eigenvalue weighted by molar-refractivity contribution is 5.94. The van der Waals surface area contributed by atoms with E-state index in [4.69, 9.17) is 12.2 Å². The van der Waals surface area contributed by atoms with Crippen LogP contribution in [0.3, 0.4) is 0 Å². The minimum Gasteiger partial charge on any atom is -0.493 e. The van der Waals surface area contributed by atoms with Crippen molar-refractivity contribution in [2.24, 2.45) is 0 Å². The zero-order chi connectivity index (χ0) is 22.1. The summed E-state index contributed by atoms with van der Waals surface area (Å²) in [5, 5.41) is 16.7. The number of nitrogens with one attached hydrogen (secondary N) is 2. The first-order valence-corrected chi connectivity index (χ1v) is 8.82. The Morgan fingerprint density at radius 2 is 1.82 bits per heavy atom. The fourth-order valence-corrected chi connectivity index (χ4v) is 2.51. The Bertz CT molecular complexity index is 885. The third-order valence-electron chi connectivity index (χ3n) is 4.02. The van der Waals surface area contributed by atoms with Gasteiger partial charge in [0.15, 0.2) is 11.5 Å². The summed E-state index contributed by atoms with van der Waals surface area (Å²) in [6.07, 6.45) is 1.46. The van der Waals surface area contributed by atoms with E-state index in [0.717, 1.165) is 30.7 Å². The van der Waals surface area contributed by atoms with Gasteiger partial charge in [0.1, 0.15) is 0 Å². The molecule has 2 aromatic rings. The maximum atomic E-state index is 12.2. The predicted octanol–water partition coefficient (Wildman–Crippen LogP) is 2.56. The van der Waals surface area contributed by atoms with E-state index in [1.165, 1.54) is 0 Å². The zero-order valence-electron chi connectivity index (χ0n) is 17.9. The van der Waals surface area contributed by atoms with Crippen molar-refractivity contribution in [3.63, 3.8) is 0 Å². The van der Waals surface area contributed by atoms with Crippen LogP contribution in [-0.4, -0.2) is 44.7 Å². The summed E-state index contributed by atoms with van der Waals surface area (Å²) in [5.41, 5.74) is 0.569. The first kappa shape index (κ1) is 18.2. The number of hydrogen-bond acceptors (Lipinski definition) is 6. The molecule has 0 saturated carbocycles. The van der Waals surface area contributed by atoms with Crippen LogP contribution in [0.25, 0.3) is 0 Å². The molecule has 0 radical (unpaired) electrons. The molecule has 0 aliphatic rings. The van der Waals surface area contributed by atoms with Gasteiger partial charge < -0.3 is 20.1 Å². The average Bonchev–Trinajstić information content (AvgIpc) is 2.72. The number of nitrogens with zero attached hydrogens (tertiary/aromatic N) is 1. The van der Waals surface area contributed by atoms with Crippen molar-refractivity contribution in [2.45, 2.75) is 12.8 Å². The molecule has 150 valence electrons. The normalized spacial score (nSPS) is 11.4.